The normalized spacial score (nSPS) is 16.4. The maximum atomic E-state index is 13.1. The molecule has 0 spiro atoms. The average molecular weight is 476 g/mol. The van der Waals surface area contributed by atoms with Gasteiger partial charge in [-0.15, -0.1) is 0 Å². The lowest BCUT2D eigenvalue weighted by molar-refractivity contribution is -0.139. The molecule has 2 aromatic rings. The van der Waals surface area contributed by atoms with E-state index < -0.39 is 28.1 Å². The van der Waals surface area contributed by atoms with E-state index in [4.69, 9.17) is 9.47 Å². The maximum Gasteiger partial charge on any atom is 0.309 e. The molecule has 10 heteroatoms. The molecule has 1 saturated heterocycles. The number of aryl methyl sites for hydroxylation is 2. The summed E-state index contributed by atoms with van der Waals surface area (Å²) in [5, 5.41) is 5.04. The largest absolute Gasteiger partial charge is 0.496 e. The van der Waals surface area contributed by atoms with Gasteiger partial charge in [-0.1, -0.05) is 30.3 Å². The number of sulfonamides is 1. The summed E-state index contributed by atoms with van der Waals surface area (Å²) in [7, 11) is -2.33. The Kier molecular flexibility index (Phi) is 8.43. The van der Waals surface area contributed by atoms with Crippen molar-refractivity contribution in [3.8, 4) is 5.75 Å². The fourth-order valence-corrected chi connectivity index (χ4v) is 5.16. The minimum atomic E-state index is -3.85. The molecular weight excluding hydrogens is 446 g/mol. The SMILES string of the molecule is COc1ccc(S(=O)(=O)N2CCO[C@H]2CNC(=O)C(=O)NCCCc2ccccc2)cc1C. The molecule has 3 rings (SSSR count). The van der Waals surface area contributed by atoms with Gasteiger partial charge in [0.2, 0.25) is 10.0 Å². The average Bonchev–Trinajstić information content (AvgIpc) is 3.30. The first-order valence-electron chi connectivity index (χ1n) is 10.7. The van der Waals surface area contributed by atoms with Gasteiger partial charge < -0.3 is 20.1 Å². The van der Waals surface area contributed by atoms with Crippen molar-refractivity contribution in [2.24, 2.45) is 0 Å². The second-order valence-electron chi connectivity index (χ2n) is 7.63. The van der Waals surface area contributed by atoms with Crippen LogP contribution in [0, 0.1) is 6.92 Å². The molecule has 33 heavy (non-hydrogen) atoms. The number of amides is 2. The third-order valence-electron chi connectivity index (χ3n) is 5.33. The monoisotopic (exact) mass is 475 g/mol. The van der Waals surface area contributed by atoms with Crippen LogP contribution in [-0.4, -0.2) is 64.1 Å². The highest BCUT2D eigenvalue weighted by molar-refractivity contribution is 7.89. The molecule has 0 unspecified atom stereocenters. The minimum Gasteiger partial charge on any atom is -0.496 e. The zero-order valence-electron chi connectivity index (χ0n) is 18.7. The molecular formula is C23H29N3O6S. The summed E-state index contributed by atoms with van der Waals surface area (Å²) < 4.78 is 38.0. The van der Waals surface area contributed by atoms with Crippen molar-refractivity contribution in [3.05, 3.63) is 59.7 Å². The van der Waals surface area contributed by atoms with Gasteiger partial charge in [-0.25, -0.2) is 8.42 Å². The van der Waals surface area contributed by atoms with E-state index in [1.54, 1.807) is 13.0 Å². The Morgan fingerprint density at radius 2 is 1.85 bits per heavy atom. The number of methoxy groups -OCH3 is 1. The molecule has 2 aromatic carbocycles. The first kappa shape index (κ1) is 24.7. The summed E-state index contributed by atoms with van der Waals surface area (Å²) in [4.78, 5) is 24.3. The minimum absolute atomic E-state index is 0.110. The highest BCUT2D eigenvalue weighted by Crippen LogP contribution is 2.26. The summed E-state index contributed by atoms with van der Waals surface area (Å²) in [5.41, 5.74) is 1.84. The first-order chi connectivity index (χ1) is 15.8. The number of hydrogen-bond donors (Lipinski definition) is 2. The summed E-state index contributed by atoms with van der Waals surface area (Å²) >= 11 is 0. The molecule has 1 fully saturated rings. The number of carbonyl (C=O) groups excluding carboxylic acids is 2. The standard InChI is InChI=1S/C23H29N3O6S/c1-17-15-19(10-11-20(17)31-2)33(29,30)26-13-14-32-21(26)16-25-23(28)22(27)24-12-6-9-18-7-4-3-5-8-18/h3-5,7-8,10-11,15,21H,6,9,12-14,16H2,1-2H3,(H,24,27)(H,25,28)/t21-/m0/s1. The smallest absolute Gasteiger partial charge is 0.309 e. The van der Waals surface area contributed by atoms with Gasteiger partial charge in [-0.3, -0.25) is 9.59 Å². The van der Waals surface area contributed by atoms with Gasteiger partial charge in [0.1, 0.15) is 12.0 Å². The van der Waals surface area contributed by atoms with Crippen molar-refractivity contribution < 1.29 is 27.5 Å². The van der Waals surface area contributed by atoms with Crippen LogP contribution in [0.25, 0.3) is 0 Å². The number of hydrogen-bond acceptors (Lipinski definition) is 6. The van der Waals surface area contributed by atoms with Crippen LogP contribution in [0.5, 0.6) is 5.75 Å². The fourth-order valence-electron chi connectivity index (χ4n) is 3.57. The van der Waals surface area contributed by atoms with E-state index in [1.165, 1.54) is 23.5 Å². The predicted octanol–water partition coefficient (Wildman–Crippen LogP) is 1.22. The zero-order valence-corrected chi connectivity index (χ0v) is 19.6. The Bertz CT molecular complexity index is 1070. The van der Waals surface area contributed by atoms with Crippen LogP contribution in [0.15, 0.2) is 53.4 Å². The highest BCUT2D eigenvalue weighted by atomic mass is 32.2. The van der Waals surface area contributed by atoms with Crippen molar-refractivity contribution in [1.29, 1.82) is 0 Å². The molecule has 1 heterocycles. The Hall–Kier alpha value is -2.95. The van der Waals surface area contributed by atoms with Crippen LogP contribution in [0.2, 0.25) is 0 Å². The molecule has 2 amide bonds. The van der Waals surface area contributed by atoms with E-state index in [2.05, 4.69) is 10.6 Å². The van der Waals surface area contributed by atoms with Crippen LogP contribution in [0.1, 0.15) is 17.5 Å². The summed E-state index contributed by atoms with van der Waals surface area (Å²) in [5.74, 6) is -1.01. The zero-order chi connectivity index (χ0) is 23.8. The molecule has 0 saturated carbocycles. The highest BCUT2D eigenvalue weighted by Gasteiger charge is 2.37. The van der Waals surface area contributed by atoms with Crippen LogP contribution >= 0.6 is 0 Å². The molecule has 178 valence electrons. The Morgan fingerprint density at radius 3 is 2.55 bits per heavy atom. The van der Waals surface area contributed by atoms with Crippen molar-refractivity contribution in [1.82, 2.24) is 14.9 Å². The third kappa shape index (κ3) is 6.31. The molecule has 0 bridgehead atoms. The van der Waals surface area contributed by atoms with Crippen LogP contribution in [0.4, 0.5) is 0 Å². The Morgan fingerprint density at radius 1 is 1.12 bits per heavy atom. The van der Waals surface area contributed by atoms with E-state index in [0.29, 0.717) is 24.3 Å². The number of ether oxygens (including phenoxy) is 2. The third-order valence-corrected chi connectivity index (χ3v) is 7.21. The van der Waals surface area contributed by atoms with Crippen molar-refractivity contribution in [2.45, 2.75) is 30.9 Å². The van der Waals surface area contributed by atoms with Crippen molar-refractivity contribution >= 4 is 21.8 Å². The first-order valence-corrected chi connectivity index (χ1v) is 12.1. The van der Waals surface area contributed by atoms with E-state index in [0.717, 1.165) is 12.0 Å². The number of rotatable bonds is 9. The summed E-state index contributed by atoms with van der Waals surface area (Å²) in [6.45, 7) is 2.33. The van der Waals surface area contributed by atoms with E-state index in [9.17, 15) is 18.0 Å². The lowest BCUT2D eigenvalue weighted by Gasteiger charge is -2.23. The van der Waals surface area contributed by atoms with Crippen LogP contribution < -0.4 is 15.4 Å². The van der Waals surface area contributed by atoms with Crippen molar-refractivity contribution in [3.63, 3.8) is 0 Å². The van der Waals surface area contributed by atoms with E-state index >= 15 is 0 Å². The van der Waals surface area contributed by atoms with Gasteiger partial charge in [0, 0.05) is 13.1 Å². The lowest BCUT2D eigenvalue weighted by Crippen LogP contribution is -2.47. The van der Waals surface area contributed by atoms with Gasteiger partial charge in [0.15, 0.2) is 0 Å². The molecule has 1 aliphatic rings. The Labute approximate surface area is 194 Å². The Balaban J connectivity index is 1.50. The van der Waals surface area contributed by atoms with E-state index in [1.807, 2.05) is 30.3 Å². The number of nitrogens with zero attached hydrogens (tertiary/aromatic N) is 1. The van der Waals surface area contributed by atoms with Crippen LogP contribution in [-0.2, 0) is 30.8 Å². The van der Waals surface area contributed by atoms with Crippen LogP contribution in [0.3, 0.4) is 0 Å². The van der Waals surface area contributed by atoms with Gasteiger partial charge in [0.05, 0.1) is 25.2 Å². The molecule has 1 atom stereocenters. The lowest BCUT2D eigenvalue weighted by atomic mass is 10.1. The topological polar surface area (TPSA) is 114 Å². The van der Waals surface area contributed by atoms with Gasteiger partial charge in [0.25, 0.3) is 0 Å². The molecule has 2 N–H and O–H groups in total. The number of carbonyl (C=O) groups is 2. The fraction of sp³-hybridized carbons (Fsp3) is 0.391. The quantitative estimate of drug-likeness (QED) is 0.416. The molecule has 0 radical (unpaired) electrons. The number of nitrogens with one attached hydrogen (secondary N) is 2. The predicted molar refractivity (Wildman–Crippen MR) is 122 cm³/mol. The molecule has 0 aromatic heterocycles. The van der Waals surface area contributed by atoms with Gasteiger partial charge >= 0.3 is 11.8 Å². The van der Waals surface area contributed by atoms with Gasteiger partial charge in [-0.2, -0.15) is 4.31 Å². The van der Waals surface area contributed by atoms with Gasteiger partial charge in [-0.05, 0) is 49.1 Å². The second-order valence-corrected chi connectivity index (χ2v) is 9.52. The van der Waals surface area contributed by atoms with Crippen molar-refractivity contribution in [2.75, 3.05) is 33.4 Å². The number of benzene rings is 2. The summed E-state index contributed by atoms with van der Waals surface area (Å²) in [6.07, 6.45) is 0.588. The molecule has 9 nitrogen and oxygen atoms in total. The maximum absolute atomic E-state index is 13.1. The molecule has 1 aliphatic heterocycles. The van der Waals surface area contributed by atoms with E-state index in [-0.39, 0.29) is 24.6 Å². The summed E-state index contributed by atoms with van der Waals surface area (Å²) in [6, 6.07) is 14.4. The second kappa shape index (κ2) is 11.3. The molecule has 0 aliphatic carbocycles.